The summed E-state index contributed by atoms with van der Waals surface area (Å²) in [4.78, 5) is 4.11. The number of aromatic nitrogens is 2. The van der Waals surface area contributed by atoms with Gasteiger partial charge in [-0.15, -0.1) is 0 Å². The van der Waals surface area contributed by atoms with E-state index in [1.54, 1.807) is 25.1 Å². The summed E-state index contributed by atoms with van der Waals surface area (Å²) in [6, 6.07) is 6.57. The molecule has 0 saturated heterocycles. The fraction of sp³-hybridized carbons (Fsp3) is 0.111. The predicted octanol–water partition coefficient (Wildman–Crippen LogP) is 2.65. The van der Waals surface area contributed by atoms with Crippen molar-refractivity contribution in [3.8, 4) is 10.6 Å². The Kier molecular flexibility index (Phi) is 2.06. The molecule has 0 unspecified atom stereocenters. The molecule has 1 heterocycles. The van der Waals surface area contributed by atoms with E-state index in [1.165, 1.54) is 17.6 Å². The molecule has 1 aromatic carbocycles. The molecular weight excluding hydrogens is 187 g/mol. The van der Waals surface area contributed by atoms with Crippen molar-refractivity contribution in [3.05, 3.63) is 35.9 Å². The van der Waals surface area contributed by atoms with E-state index in [9.17, 15) is 4.39 Å². The minimum atomic E-state index is -0.251. The molecule has 0 aliphatic carbocycles. The van der Waals surface area contributed by atoms with Crippen LogP contribution in [0.15, 0.2) is 24.3 Å². The van der Waals surface area contributed by atoms with Crippen molar-refractivity contribution in [3.63, 3.8) is 0 Å². The summed E-state index contributed by atoms with van der Waals surface area (Å²) >= 11 is 1.22. The highest BCUT2D eigenvalue weighted by Gasteiger charge is 2.07. The van der Waals surface area contributed by atoms with Gasteiger partial charge in [0, 0.05) is 5.56 Å². The van der Waals surface area contributed by atoms with Gasteiger partial charge in [0.1, 0.15) is 16.6 Å². The molecule has 13 heavy (non-hydrogen) atoms. The first-order valence-corrected chi connectivity index (χ1v) is 4.60. The summed E-state index contributed by atoms with van der Waals surface area (Å²) in [5.41, 5.74) is 0.521. The minimum absolute atomic E-state index is 0.251. The van der Waals surface area contributed by atoms with Crippen LogP contribution in [0.2, 0.25) is 0 Å². The normalized spacial score (nSPS) is 10.3. The van der Waals surface area contributed by atoms with Gasteiger partial charge in [0.25, 0.3) is 0 Å². The minimum Gasteiger partial charge on any atom is -0.220 e. The monoisotopic (exact) mass is 194 g/mol. The fourth-order valence-corrected chi connectivity index (χ4v) is 1.74. The fourth-order valence-electron chi connectivity index (χ4n) is 1.04. The molecule has 0 atom stereocenters. The van der Waals surface area contributed by atoms with E-state index in [1.807, 2.05) is 0 Å². The maximum atomic E-state index is 13.2. The van der Waals surface area contributed by atoms with Crippen LogP contribution in [-0.2, 0) is 0 Å². The maximum absolute atomic E-state index is 13.2. The first kappa shape index (κ1) is 8.31. The number of rotatable bonds is 1. The van der Waals surface area contributed by atoms with E-state index in [2.05, 4.69) is 9.36 Å². The largest absolute Gasteiger partial charge is 0.220 e. The third-order valence-electron chi connectivity index (χ3n) is 1.63. The molecule has 66 valence electrons. The summed E-state index contributed by atoms with van der Waals surface area (Å²) < 4.78 is 17.2. The van der Waals surface area contributed by atoms with Gasteiger partial charge in [-0.2, -0.15) is 4.37 Å². The van der Waals surface area contributed by atoms with Crippen molar-refractivity contribution in [2.24, 2.45) is 0 Å². The van der Waals surface area contributed by atoms with Crippen LogP contribution in [0.4, 0.5) is 4.39 Å². The van der Waals surface area contributed by atoms with Gasteiger partial charge in [-0.1, -0.05) is 12.1 Å². The molecule has 0 aliphatic heterocycles. The molecule has 0 amide bonds. The molecule has 0 spiro atoms. The summed E-state index contributed by atoms with van der Waals surface area (Å²) in [6.45, 7) is 1.79. The highest BCUT2D eigenvalue weighted by atomic mass is 32.1. The predicted molar refractivity (Wildman–Crippen MR) is 50.0 cm³/mol. The van der Waals surface area contributed by atoms with Gasteiger partial charge in [0.05, 0.1) is 0 Å². The Balaban J connectivity index is 2.52. The molecule has 0 aliphatic rings. The highest BCUT2D eigenvalue weighted by Crippen LogP contribution is 2.23. The second-order valence-corrected chi connectivity index (χ2v) is 3.38. The number of halogens is 1. The second-order valence-electron chi connectivity index (χ2n) is 2.63. The van der Waals surface area contributed by atoms with Crippen molar-refractivity contribution >= 4 is 11.5 Å². The van der Waals surface area contributed by atoms with Crippen LogP contribution in [-0.4, -0.2) is 9.36 Å². The number of nitrogens with zero attached hydrogens (tertiary/aromatic N) is 2. The summed E-state index contributed by atoms with van der Waals surface area (Å²) in [5.74, 6) is 0.432. The molecule has 2 rings (SSSR count). The SMILES string of the molecule is Cc1nsc(-c2ccccc2F)n1. The van der Waals surface area contributed by atoms with Crippen molar-refractivity contribution < 1.29 is 4.39 Å². The van der Waals surface area contributed by atoms with Crippen LogP contribution in [0.3, 0.4) is 0 Å². The Morgan fingerprint density at radius 1 is 1.31 bits per heavy atom. The lowest BCUT2D eigenvalue weighted by Gasteiger charge is -1.95. The number of aryl methyl sites for hydroxylation is 1. The molecule has 4 heteroatoms. The third-order valence-corrected chi connectivity index (χ3v) is 2.47. The van der Waals surface area contributed by atoms with Crippen molar-refractivity contribution in [1.29, 1.82) is 0 Å². The van der Waals surface area contributed by atoms with Crippen molar-refractivity contribution in [1.82, 2.24) is 9.36 Å². The Labute approximate surface area is 79.2 Å². The molecule has 0 bridgehead atoms. The smallest absolute Gasteiger partial charge is 0.146 e. The first-order valence-electron chi connectivity index (χ1n) is 3.82. The molecular formula is C9H7FN2S. The van der Waals surface area contributed by atoms with Crippen LogP contribution < -0.4 is 0 Å². The number of benzene rings is 1. The molecule has 2 aromatic rings. The number of hydrogen-bond acceptors (Lipinski definition) is 3. The topological polar surface area (TPSA) is 25.8 Å². The average molecular weight is 194 g/mol. The van der Waals surface area contributed by atoms with E-state index in [4.69, 9.17) is 0 Å². The van der Waals surface area contributed by atoms with Crippen LogP contribution in [0.1, 0.15) is 5.82 Å². The molecule has 0 radical (unpaired) electrons. The molecule has 0 N–H and O–H groups in total. The lowest BCUT2D eigenvalue weighted by molar-refractivity contribution is 0.631. The van der Waals surface area contributed by atoms with E-state index in [-0.39, 0.29) is 5.82 Å². The Morgan fingerprint density at radius 2 is 2.08 bits per heavy atom. The zero-order chi connectivity index (χ0) is 9.26. The van der Waals surface area contributed by atoms with Crippen LogP contribution in [0.5, 0.6) is 0 Å². The van der Waals surface area contributed by atoms with Crippen LogP contribution in [0, 0.1) is 12.7 Å². The molecule has 0 fully saturated rings. The van der Waals surface area contributed by atoms with Gasteiger partial charge in [0.2, 0.25) is 0 Å². The van der Waals surface area contributed by atoms with E-state index >= 15 is 0 Å². The van der Waals surface area contributed by atoms with Crippen LogP contribution in [0.25, 0.3) is 10.6 Å². The van der Waals surface area contributed by atoms with Gasteiger partial charge in [-0.05, 0) is 30.6 Å². The lowest BCUT2D eigenvalue weighted by Crippen LogP contribution is -1.82. The van der Waals surface area contributed by atoms with Crippen LogP contribution >= 0.6 is 11.5 Å². The quantitative estimate of drug-likeness (QED) is 0.697. The molecule has 2 nitrogen and oxygen atoms in total. The molecule has 0 saturated carbocycles. The summed E-state index contributed by atoms with van der Waals surface area (Å²) in [6.07, 6.45) is 0. The van der Waals surface area contributed by atoms with Gasteiger partial charge < -0.3 is 0 Å². The Hall–Kier alpha value is -1.29. The second kappa shape index (κ2) is 3.22. The van der Waals surface area contributed by atoms with E-state index < -0.39 is 0 Å². The first-order chi connectivity index (χ1) is 6.27. The lowest BCUT2D eigenvalue weighted by atomic mass is 10.2. The highest BCUT2D eigenvalue weighted by molar-refractivity contribution is 7.09. The zero-order valence-electron chi connectivity index (χ0n) is 6.99. The Morgan fingerprint density at radius 3 is 2.69 bits per heavy atom. The van der Waals surface area contributed by atoms with Crippen molar-refractivity contribution in [2.75, 3.05) is 0 Å². The zero-order valence-corrected chi connectivity index (χ0v) is 7.81. The number of hydrogen-bond donors (Lipinski definition) is 0. The summed E-state index contributed by atoms with van der Waals surface area (Å²) in [7, 11) is 0. The standard InChI is InChI=1S/C9H7FN2S/c1-6-11-9(13-12-6)7-4-2-3-5-8(7)10/h2-5H,1H3. The third kappa shape index (κ3) is 1.58. The van der Waals surface area contributed by atoms with Gasteiger partial charge in [-0.25, -0.2) is 9.37 Å². The van der Waals surface area contributed by atoms with Gasteiger partial charge >= 0.3 is 0 Å². The summed E-state index contributed by atoms with van der Waals surface area (Å²) in [5, 5.41) is 0.635. The van der Waals surface area contributed by atoms with Gasteiger partial charge in [-0.3, -0.25) is 0 Å². The maximum Gasteiger partial charge on any atom is 0.146 e. The Bertz CT molecular complexity index is 425. The average Bonchev–Trinajstić information content (AvgIpc) is 2.53. The van der Waals surface area contributed by atoms with Crippen molar-refractivity contribution in [2.45, 2.75) is 6.92 Å². The van der Waals surface area contributed by atoms with Gasteiger partial charge in [0.15, 0.2) is 0 Å². The molecule has 1 aromatic heterocycles. The van der Waals surface area contributed by atoms with E-state index in [0.717, 1.165) is 0 Å². The van der Waals surface area contributed by atoms with E-state index in [0.29, 0.717) is 16.4 Å².